The number of halogens is 3. The van der Waals surface area contributed by atoms with Crippen molar-refractivity contribution in [2.45, 2.75) is 194 Å². The Balaban J connectivity index is 0.000000390. The highest BCUT2D eigenvalue weighted by Gasteiger charge is 2.42. The average Bonchev–Trinajstić information content (AvgIpc) is 3.04. The molecule has 0 spiro atoms. The van der Waals surface area contributed by atoms with Crippen LogP contribution in [0.15, 0.2) is 18.3 Å². The standard InChI is InChI=1S/C23H44F3NO3.C22H33NO3/c1-21(2,3)27-12-10-19(11-13-27)18-20(23(24,25)26)29-17-16-28-14-8-7-9-15-30-22(4,5)6;1-21(2,3)24-13-9-7-8-10-17-11-12-18(16-23-17)25-19-14-20(15-19)26-22(4,5)6/h19-20H,7-18H2,1-6H3;11-12,16,19-20H,7,9,13-15H2,1-6H3. The van der Waals surface area contributed by atoms with Crippen LogP contribution in [0.2, 0.25) is 0 Å². The Hall–Kier alpha value is -1.94. The van der Waals surface area contributed by atoms with E-state index in [-0.39, 0.29) is 54.0 Å². The molecule has 1 saturated carbocycles. The summed E-state index contributed by atoms with van der Waals surface area (Å²) in [6.45, 7) is 28.9. The molecule has 56 heavy (non-hydrogen) atoms. The van der Waals surface area contributed by atoms with E-state index in [4.69, 9.17) is 28.4 Å². The molecular weight excluding hydrogens is 721 g/mol. The van der Waals surface area contributed by atoms with Crippen molar-refractivity contribution < 1.29 is 41.6 Å². The quantitative estimate of drug-likeness (QED) is 0.107. The molecule has 2 heterocycles. The normalized spacial score (nSPS) is 19.3. The Morgan fingerprint density at radius 1 is 0.732 bits per heavy atom. The second-order valence-electron chi connectivity index (χ2n) is 19.2. The van der Waals surface area contributed by atoms with E-state index < -0.39 is 12.3 Å². The predicted octanol–water partition coefficient (Wildman–Crippen LogP) is 10.6. The highest BCUT2D eigenvalue weighted by Crippen LogP contribution is 2.34. The number of likely N-dealkylation sites (tertiary alicyclic amines) is 1. The summed E-state index contributed by atoms with van der Waals surface area (Å²) >= 11 is 0. The molecule has 8 nitrogen and oxygen atoms in total. The van der Waals surface area contributed by atoms with Crippen molar-refractivity contribution in [3.63, 3.8) is 0 Å². The summed E-state index contributed by atoms with van der Waals surface area (Å²) < 4.78 is 74.0. The molecule has 11 heteroatoms. The zero-order valence-corrected chi connectivity index (χ0v) is 37.0. The van der Waals surface area contributed by atoms with Gasteiger partial charge >= 0.3 is 6.18 Å². The van der Waals surface area contributed by atoms with Gasteiger partial charge in [-0.25, -0.2) is 4.98 Å². The number of piperidine rings is 1. The van der Waals surface area contributed by atoms with Crippen molar-refractivity contribution >= 4 is 0 Å². The third-order valence-electron chi connectivity index (χ3n) is 9.30. The lowest BCUT2D eigenvalue weighted by Crippen LogP contribution is -2.47. The summed E-state index contributed by atoms with van der Waals surface area (Å²) in [6.07, 6.45) is 4.35. The van der Waals surface area contributed by atoms with Gasteiger partial charge in [0, 0.05) is 44.6 Å². The van der Waals surface area contributed by atoms with Crippen LogP contribution in [0.5, 0.6) is 5.75 Å². The van der Waals surface area contributed by atoms with Crippen LogP contribution in [0.4, 0.5) is 13.2 Å². The van der Waals surface area contributed by atoms with Crippen LogP contribution in [0, 0.1) is 17.8 Å². The number of nitrogens with zero attached hydrogens (tertiary/aromatic N) is 2. The smallest absolute Gasteiger partial charge is 0.414 e. The van der Waals surface area contributed by atoms with Crippen molar-refractivity contribution in [3.05, 3.63) is 24.0 Å². The van der Waals surface area contributed by atoms with Gasteiger partial charge in [0.1, 0.15) is 17.5 Å². The van der Waals surface area contributed by atoms with Crippen LogP contribution in [0.1, 0.15) is 153 Å². The van der Waals surface area contributed by atoms with Gasteiger partial charge < -0.3 is 28.4 Å². The Morgan fingerprint density at radius 2 is 1.34 bits per heavy atom. The molecule has 0 radical (unpaired) electrons. The Morgan fingerprint density at radius 3 is 1.88 bits per heavy atom. The Labute approximate surface area is 338 Å². The summed E-state index contributed by atoms with van der Waals surface area (Å²) in [7, 11) is 0. The molecule has 1 atom stereocenters. The number of unbranched alkanes of at least 4 members (excludes halogenated alkanes) is 3. The maximum absolute atomic E-state index is 13.4. The molecule has 1 aliphatic heterocycles. The highest BCUT2D eigenvalue weighted by molar-refractivity contribution is 5.31. The number of aromatic nitrogens is 1. The SMILES string of the molecule is CC(C)(C)OCCCC#Cc1ccc(OC2CC(OC(C)(C)C)C2)cn1.CC(C)(C)OCCCCCOCCOC(CC1CCN(C(C)(C)C)CC1)C(F)(F)F. The Bertz CT molecular complexity index is 1260. The maximum atomic E-state index is 13.4. The topological polar surface area (TPSA) is 71.5 Å². The second kappa shape index (κ2) is 23.6. The van der Waals surface area contributed by atoms with Gasteiger partial charge in [0.15, 0.2) is 6.10 Å². The van der Waals surface area contributed by atoms with Crippen molar-refractivity contribution in [2.24, 2.45) is 5.92 Å². The third kappa shape index (κ3) is 24.1. The monoisotopic (exact) mass is 799 g/mol. The lowest BCUT2D eigenvalue weighted by Gasteiger charge is -2.41. The van der Waals surface area contributed by atoms with Gasteiger partial charge in [0.2, 0.25) is 0 Å². The molecule has 1 unspecified atom stereocenters. The van der Waals surface area contributed by atoms with E-state index in [0.717, 1.165) is 88.9 Å². The molecule has 2 fully saturated rings. The first-order valence-corrected chi connectivity index (χ1v) is 21.0. The van der Waals surface area contributed by atoms with Crippen molar-refractivity contribution in [1.82, 2.24) is 9.88 Å². The minimum Gasteiger partial charge on any atom is -0.489 e. The molecule has 3 rings (SSSR count). The fourth-order valence-electron chi connectivity index (χ4n) is 6.27. The number of alkyl halides is 3. The van der Waals surface area contributed by atoms with E-state index in [0.29, 0.717) is 19.3 Å². The molecule has 1 aromatic rings. The fourth-order valence-corrected chi connectivity index (χ4v) is 6.27. The molecule has 1 aliphatic carbocycles. The third-order valence-corrected chi connectivity index (χ3v) is 9.30. The van der Waals surface area contributed by atoms with Crippen molar-refractivity contribution in [1.29, 1.82) is 0 Å². The zero-order valence-electron chi connectivity index (χ0n) is 37.0. The average molecular weight is 799 g/mol. The maximum Gasteiger partial charge on any atom is 0.414 e. The molecule has 0 N–H and O–H groups in total. The molecule has 0 aromatic carbocycles. The summed E-state index contributed by atoms with van der Waals surface area (Å²) in [5.74, 6) is 7.10. The number of hydrogen-bond donors (Lipinski definition) is 0. The summed E-state index contributed by atoms with van der Waals surface area (Å²) in [6, 6.07) is 3.85. The van der Waals surface area contributed by atoms with Gasteiger partial charge in [0.05, 0.1) is 42.3 Å². The zero-order chi connectivity index (χ0) is 42.0. The van der Waals surface area contributed by atoms with Crippen molar-refractivity contribution in [3.8, 4) is 17.6 Å². The molecule has 0 bridgehead atoms. The number of hydrogen-bond acceptors (Lipinski definition) is 8. The van der Waals surface area contributed by atoms with E-state index in [1.165, 1.54) is 0 Å². The molecule has 0 amide bonds. The highest BCUT2D eigenvalue weighted by atomic mass is 19.4. The largest absolute Gasteiger partial charge is 0.489 e. The van der Waals surface area contributed by atoms with Gasteiger partial charge in [-0.2, -0.15) is 13.2 Å². The molecule has 1 saturated heterocycles. The summed E-state index contributed by atoms with van der Waals surface area (Å²) in [4.78, 5) is 6.71. The lowest BCUT2D eigenvalue weighted by atomic mass is 9.88. The first-order valence-electron chi connectivity index (χ1n) is 21.0. The Kier molecular flexibility index (Phi) is 21.2. The molecule has 324 valence electrons. The lowest BCUT2D eigenvalue weighted by molar-refractivity contribution is -0.228. The summed E-state index contributed by atoms with van der Waals surface area (Å²) in [5, 5.41) is 0. The van der Waals surface area contributed by atoms with E-state index in [9.17, 15) is 13.2 Å². The van der Waals surface area contributed by atoms with Gasteiger partial charge in [-0.3, -0.25) is 4.90 Å². The number of pyridine rings is 1. The van der Waals surface area contributed by atoms with E-state index in [1.54, 1.807) is 6.20 Å². The van der Waals surface area contributed by atoms with Crippen LogP contribution in [0.3, 0.4) is 0 Å². The molecule has 1 aromatic heterocycles. The summed E-state index contributed by atoms with van der Waals surface area (Å²) in [5.41, 5.74) is 0.561. The minimum absolute atomic E-state index is 0.0157. The minimum atomic E-state index is -4.33. The van der Waals surface area contributed by atoms with Gasteiger partial charge in [0.25, 0.3) is 0 Å². The second-order valence-corrected chi connectivity index (χ2v) is 19.2. The first kappa shape index (κ1) is 50.2. The van der Waals surface area contributed by atoms with Crippen LogP contribution in [-0.4, -0.2) is 103 Å². The van der Waals surface area contributed by atoms with Gasteiger partial charge in [-0.15, -0.1) is 0 Å². The number of rotatable bonds is 18. The van der Waals surface area contributed by atoms with Crippen LogP contribution >= 0.6 is 0 Å². The predicted molar refractivity (Wildman–Crippen MR) is 219 cm³/mol. The van der Waals surface area contributed by atoms with Crippen LogP contribution in [0.25, 0.3) is 0 Å². The first-order chi connectivity index (χ1) is 25.9. The van der Waals surface area contributed by atoms with Gasteiger partial charge in [-0.05, 0) is 165 Å². The molecular formula is C45H77F3N2O6. The number of ether oxygens (including phenoxy) is 6. The fraction of sp³-hybridized carbons (Fsp3) is 0.844. The van der Waals surface area contributed by atoms with Crippen molar-refractivity contribution in [2.75, 3.05) is 46.1 Å². The van der Waals surface area contributed by atoms with Gasteiger partial charge in [-0.1, -0.05) is 5.92 Å². The van der Waals surface area contributed by atoms with Crippen LogP contribution < -0.4 is 4.74 Å². The van der Waals surface area contributed by atoms with E-state index in [2.05, 4.69) is 84.0 Å². The molecule has 2 aliphatic rings. The van der Waals surface area contributed by atoms with E-state index in [1.807, 2.05) is 32.9 Å². The van der Waals surface area contributed by atoms with E-state index >= 15 is 0 Å². The van der Waals surface area contributed by atoms with Crippen LogP contribution in [-0.2, 0) is 23.7 Å².